The van der Waals surface area contributed by atoms with Crippen LogP contribution >= 0.6 is 0 Å². The molecule has 4 rings (SSSR count). The van der Waals surface area contributed by atoms with Crippen LogP contribution in [0.1, 0.15) is 61.7 Å². The highest BCUT2D eigenvalue weighted by Gasteiger charge is 2.43. The van der Waals surface area contributed by atoms with Crippen LogP contribution in [0.3, 0.4) is 0 Å². The van der Waals surface area contributed by atoms with E-state index >= 15 is 0 Å². The Hall–Kier alpha value is -1.36. The number of hydrogen-bond donors (Lipinski definition) is 1. The first-order valence-corrected chi connectivity index (χ1v) is 8.63. The van der Waals surface area contributed by atoms with E-state index in [0.717, 1.165) is 37.6 Å². The molecule has 2 aliphatic carbocycles. The molecule has 1 amide bonds. The number of amides is 1. The fourth-order valence-corrected chi connectivity index (χ4v) is 3.64. The van der Waals surface area contributed by atoms with E-state index in [1.54, 1.807) is 0 Å². The van der Waals surface area contributed by atoms with E-state index in [9.17, 15) is 4.79 Å². The molecule has 1 N–H and O–H groups in total. The van der Waals surface area contributed by atoms with Crippen LogP contribution in [0.5, 0.6) is 0 Å². The first-order valence-electron chi connectivity index (χ1n) is 8.63. The lowest BCUT2D eigenvalue weighted by Gasteiger charge is -2.20. The highest BCUT2D eigenvalue weighted by Crippen LogP contribution is 2.42. The van der Waals surface area contributed by atoms with Gasteiger partial charge in [0.2, 0.25) is 0 Å². The van der Waals surface area contributed by atoms with Crippen LogP contribution in [0, 0.1) is 11.8 Å². The van der Waals surface area contributed by atoms with Gasteiger partial charge in [-0.15, -0.1) is 0 Å². The van der Waals surface area contributed by atoms with Crippen molar-refractivity contribution in [3.8, 4) is 0 Å². The van der Waals surface area contributed by atoms with Gasteiger partial charge in [0.1, 0.15) is 5.76 Å². The van der Waals surface area contributed by atoms with Crippen molar-refractivity contribution in [1.29, 1.82) is 0 Å². The van der Waals surface area contributed by atoms with E-state index in [1.165, 1.54) is 12.8 Å². The minimum atomic E-state index is -0.0723. The van der Waals surface area contributed by atoms with Crippen LogP contribution in [0.4, 0.5) is 0 Å². The molecule has 0 radical (unpaired) electrons. The van der Waals surface area contributed by atoms with Crippen molar-refractivity contribution < 1.29 is 9.32 Å². The monoisotopic (exact) mass is 303 g/mol. The van der Waals surface area contributed by atoms with E-state index in [0.29, 0.717) is 23.6 Å². The third kappa shape index (κ3) is 2.78. The molecular formula is C17H25N3O2. The molecule has 1 unspecified atom stereocenters. The highest BCUT2D eigenvalue weighted by atomic mass is 16.5. The van der Waals surface area contributed by atoms with Crippen molar-refractivity contribution in [2.75, 3.05) is 13.1 Å². The number of nitrogens with one attached hydrogen (secondary N) is 1. The van der Waals surface area contributed by atoms with E-state index in [-0.39, 0.29) is 11.9 Å². The topological polar surface area (TPSA) is 58.4 Å². The van der Waals surface area contributed by atoms with Crippen LogP contribution < -0.4 is 5.32 Å². The summed E-state index contributed by atoms with van der Waals surface area (Å²) in [5.41, 5.74) is 0.444. The van der Waals surface area contributed by atoms with Gasteiger partial charge >= 0.3 is 0 Å². The summed E-state index contributed by atoms with van der Waals surface area (Å²) >= 11 is 0. The first-order chi connectivity index (χ1) is 10.6. The first kappa shape index (κ1) is 14.2. The van der Waals surface area contributed by atoms with E-state index in [2.05, 4.69) is 29.2 Å². The number of nitrogens with zero attached hydrogens (tertiary/aromatic N) is 2. The SMILES string of the molecule is CC(C)N1CC(C2CC2)[C@@H](NC(=O)c2cc(C3CC3)on2)C1. The summed E-state index contributed by atoms with van der Waals surface area (Å²) in [6.45, 7) is 6.53. The van der Waals surface area contributed by atoms with Gasteiger partial charge in [-0.1, -0.05) is 5.16 Å². The quantitative estimate of drug-likeness (QED) is 0.907. The zero-order valence-corrected chi connectivity index (χ0v) is 13.4. The van der Waals surface area contributed by atoms with Crippen LogP contribution in [0.15, 0.2) is 10.6 Å². The molecule has 0 spiro atoms. The molecule has 1 aromatic rings. The van der Waals surface area contributed by atoms with Crippen molar-refractivity contribution >= 4 is 5.91 Å². The van der Waals surface area contributed by atoms with Gasteiger partial charge in [0.05, 0.1) is 0 Å². The average molecular weight is 303 g/mol. The van der Waals surface area contributed by atoms with Gasteiger partial charge in [-0.05, 0) is 51.4 Å². The zero-order chi connectivity index (χ0) is 15.3. The van der Waals surface area contributed by atoms with Crippen LogP contribution in [0.25, 0.3) is 0 Å². The summed E-state index contributed by atoms with van der Waals surface area (Å²) in [4.78, 5) is 14.9. The van der Waals surface area contributed by atoms with Crippen LogP contribution in [0.2, 0.25) is 0 Å². The fourth-order valence-electron chi connectivity index (χ4n) is 3.64. The minimum absolute atomic E-state index is 0.0723. The molecule has 5 nitrogen and oxygen atoms in total. The zero-order valence-electron chi connectivity index (χ0n) is 13.4. The molecular weight excluding hydrogens is 278 g/mol. The highest BCUT2D eigenvalue weighted by molar-refractivity contribution is 5.92. The van der Waals surface area contributed by atoms with Gasteiger partial charge in [0.25, 0.3) is 5.91 Å². The molecule has 0 bridgehead atoms. The van der Waals surface area contributed by atoms with Crippen molar-refractivity contribution in [2.45, 2.75) is 57.5 Å². The van der Waals surface area contributed by atoms with Crippen molar-refractivity contribution in [1.82, 2.24) is 15.4 Å². The summed E-state index contributed by atoms with van der Waals surface area (Å²) < 4.78 is 5.30. The fraction of sp³-hybridized carbons (Fsp3) is 0.765. The maximum Gasteiger partial charge on any atom is 0.273 e. The van der Waals surface area contributed by atoms with Gasteiger partial charge in [-0.25, -0.2) is 0 Å². The lowest BCUT2D eigenvalue weighted by Crippen LogP contribution is -2.41. The number of carbonyl (C=O) groups is 1. The Morgan fingerprint density at radius 3 is 2.73 bits per heavy atom. The van der Waals surface area contributed by atoms with Crippen molar-refractivity contribution in [2.24, 2.45) is 11.8 Å². The Bertz CT molecular complexity index is 560. The second-order valence-electron chi connectivity index (χ2n) is 7.52. The third-order valence-corrected chi connectivity index (χ3v) is 5.41. The number of aromatic nitrogens is 1. The van der Waals surface area contributed by atoms with E-state index in [1.807, 2.05) is 6.07 Å². The van der Waals surface area contributed by atoms with E-state index in [4.69, 9.17) is 4.52 Å². The molecule has 2 atom stereocenters. The Morgan fingerprint density at radius 1 is 1.32 bits per heavy atom. The smallest absolute Gasteiger partial charge is 0.273 e. The molecule has 1 aromatic heterocycles. The van der Waals surface area contributed by atoms with Gasteiger partial charge in [-0.2, -0.15) is 0 Å². The van der Waals surface area contributed by atoms with Crippen LogP contribution in [-0.2, 0) is 0 Å². The molecule has 0 aromatic carbocycles. The van der Waals surface area contributed by atoms with E-state index < -0.39 is 0 Å². The van der Waals surface area contributed by atoms with Gasteiger partial charge in [0, 0.05) is 37.2 Å². The molecule has 22 heavy (non-hydrogen) atoms. The summed E-state index contributed by atoms with van der Waals surface area (Å²) in [6, 6.07) is 2.62. The maximum atomic E-state index is 12.5. The normalized spacial score (nSPS) is 29.2. The molecule has 3 fully saturated rings. The molecule has 1 saturated heterocycles. The minimum Gasteiger partial charge on any atom is -0.360 e. The Labute approximate surface area is 131 Å². The molecule has 2 saturated carbocycles. The average Bonchev–Trinajstić information content (AvgIpc) is 3.42. The predicted molar refractivity (Wildman–Crippen MR) is 82.7 cm³/mol. The maximum absolute atomic E-state index is 12.5. The molecule has 2 heterocycles. The molecule has 3 aliphatic rings. The summed E-state index contributed by atoms with van der Waals surface area (Å²) in [7, 11) is 0. The molecule has 1 aliphatic heterocycles. The number of rotatable bonds is 5. The molecule has 120 valence electrons. The van der Waals surface area contributed by atoms with Crippen LogP contribution in [-0.4, -0.2) is 41.1 Å². The van der Waals surface area contributed by atoms with Gasteiger partial charge in [-0.3, -0.25) is 9.69 Å². The standard InChI is InChI=1S/C17H25N3O2/c1-10(2)20-8-13(11-3-4-11)15(9-20)18-17(21)14-7-16(22-19-14)12-5-6-12/h7,10-13,15H,3-6,8-9H2,1-2H3,(H,18,21)/t13?,15-/m0/s1. The number of hydrogen-bond acceptors (Lipinski definition) is 4. The lowest BCUT2D eigenvalue weighted by molar-refractivity contribution is 0.0918. The Balaban J connectivity index is 1.42. The number of carbonyl (C=O) groups excluding carboxylic acids is 1. The van der Waals surface area contributed by atoms with Gasteiger partial charge < -0.3 is 9.84 Å². The van der Waals surface area contributed by atoms with Gasteiger partial charge in [0.15, 0.2) is 5.69 Å². The third-order valence-electron chi connectivity index (χ3n) is 5.41. The summed E-state index contributed by atoms with van der Waals surface area (Å²) in [5.74, 6) is 2.70. The molecule has 5 heteroatoms. The lowest BCUT2D eigenvalue weighted by atomic mass is 9.98. The number of likely N-dealkylation sites (tertiary alicyclic amines) is 1. The Kier molecular flexibility index (Phi) is 3.48. The predicted octanol–water partition coefficient (Wildman–Crippen LogP) is 2.40. The summed E-state index contributed by atoms with van der Waals surface area (Å²) in [5, 5.41) is 7.18. The largest absolute Gasteiger partial charge is 0.360 e. The second-order valence-corrected chi connectivity index (χ2v) is 7.52. The second kappa shape index (κ2) is 5.37. The van der Waals surface area contributed by atoms with Crippen molar-refractivity contribution in [3.63, 3.8) is 0 Å². The Morgan fingerprint density at radius 2 is 2.09 bits per heavy atom. The summed E-state index contributed by atoms with van der Waals surface area (Å²) in [6.07, 6.45) is 4.95. The van der Waals surface area contributed by atoms with Crippen molar-refractivity contribution in [3.05, 3.63) is 17.5 Å².